The summed E-state index contributed by atoms with van der Waals surface area (Å²) >= 11 is 0. The largest absolute Gasteiger partial charge is 0.508 e. The Morgan fingerprint density at radius 2 is 0.952 bits per heavy atom. The fraction of sp³-hybridized carbons (Fsp3) is 0.733. The molecule has 0 atom stereocenters. The van der Waals surface area contributed by atoms with Crippen LogP contribution in [0, 0.1) is 0 Å². The van der Waals surface area contributed by atoms with E-state index in [0.29, 0.717) is 125 Å². The molecule has 42 heavy (non-hydrogen) atoms. The molecule has 0 fully saturated rings. The lowest BCUT2D eigenvalue weighted by Crippen LogP contribution is -2.25. The fourth-order valence-corrected chi connectivity index (χ4v) is 3.40. The van der Waals surface area contributed by atoms with E-state index < -0.39 is 0 Å². The molecule has 0 unspecified atom stereocenters. The summed E-state index contributed by atoms with van der Waals surface area (Å²) in [5.74, 6) is 0.381. The van der Waals surface area contributed by atoms with Crippen LogP contribution in [-0.2, 0) is 53.9 Å². The molecule has 0 saturated heterocycles. The SMILES string of the molecule is CC(=O)NCCOCCOCCOCCOCCOCCOCCOCCOCCC(=O)CCCc1ccc(O)cc1. The number of rotatable bonds is 31. The first kappa shape index (κ1) is 37.9. The summed E-state index contributed by atoms with van der Waals surface area (Å²) < 4.78 is 43.4. The quantitative estimate of drug-likeness (QED) is 0.121. The van der Waals surface area contributed by atoms with Gasteiger partial charge in [-0.3, -0.25) is 9.59 Å². The van der Waals surface area contributed by atoms with Crippen LogP contribution in [0.25, 0.3) is 0 Å². The highest BCUT2D eigenvalue weighted by molar-refractivity contribution is 5.78. The van der Waals surface area contributed by atoms with E-state index in [1.54, 1.807) is 12.1 Å². The Morgan fingerprint density at radius 1 is 0.571 bits per heavy atom. The van der Waals surface area contributed by atoms with Crippen LogP contribution in [0.15, 0.2) is 24.3 Å². The minimum absolute atomic E-state index is 0.0647. The normalized spacial score (nSPS) is 11.2. The average Bonchev–Trinajstić information content (AvgIpc) is 2.97. The van der Waals surface area contributed by atoms with E-state index in [-0.39, 0.29) is 17.4 Å². The number of nitrogens with one attached hydrogen (secondary N) is 1. The third-order valence-electron chi connectivity index (χ3n) is 5.61. The molecule has 12 nitrogen and oxygen atoms in total. The third-order valence-corrected chi connectivity index (χ3v) is 5.61. The van der Waals surface area contributed by atoms with Crippen molar-refractivity contribution in [1.82, 2.24) is 5.32 Å². The van der Waals surface area contributed by atoms with Gasteiger partial charge < -0.3 is 48.3 Å². The monoisotopic (exact) mass is 601 g/mol. The zero-order valence-electron chi connectivity index (χ0n) is 25.2. The Hall–Kier alpha value is -2.16. The lowest BCUT2D eigenvalue weighted by atomic mass is 10.1. The molecule has 0 aromatic heterocycles. The molecule has 1 aromatic rings. The Kier molecular flexibility index (Phi) is 26.1. The number of amides is 1. The molecule has 0 heterocycles. The van der Waals surface area contributed by atoms with Crippen molar-refractivity contribution in [1.29, 1.82) is 0 Å². The van der Waals surface area contributed by atoms with E-state index in [2.05, 4.69) is 5.32 Å². The van der Waals surface area contributed by atoms with Crippen LogP contribution in [-0.4, -0.2) is 129 Å². The fourth-order valence-electron chi connectivity index (χ4n) is 3.40. The van der Waals surface area contributed by atoms with Crippen molar-refractivity contribution in [2.45, 2.75) is 32.6 Å². The second-order valence-electron chi connectivity index (χ2n) is 9.19. The van der Waals surface area contributed by atoms with E-state index in [0.717, 1.165) is 18.4 Å². The second kappa shape index (κ2) is 28.9. The van der Waals surface area contributed by atoms with Gasteiger partial charge in [-0.05, 0) is 30.5 Å². The number of ketones is 1. The first-order valence-corrected chi connectivity index (χ1v) is 14.7. The molecule has 0 aliphatic heterocycles. The molecule has 0 saturated carbocycles. The first-order valence-electron chi connectivity index (χ1n) is 14.7. The maximum atomic E-state index is 11.9. The maximum absolute atomic E-state index is 11.9. The topological polar surface area (TPSA) is 140 Å². The van der Waals surface area contributed by atoms with Crippen molar-refractivity contribution in [2.24, 2.45) is 0 Å². The Morgan fingerprint density at radius 3 is 1.36 bits per heavy atom. The minimum Gasteiger partial charge on any atom is -0.508 e. The van der Waals surface area contributed by atoms with Gasteiger partial charge in [-0.25, -0.2) is 0 Å². The third kappa shape index (κ3) is 26.7. The number of Topliss-reactive ketones (excluding diaryl/α,β-unsaturated/α-hetero) is 1. The summed E-state index contributed by atoms with van der Waals surface area (Å²) in [6.07, 6.45) is 2.56. The van der Waals surface area contributed by atoms with Crippen molar-refractivity contribution in [3.05, 3.63) is 29.8 Å². The lowest BCUT2D eigenvalue weighted by Gasteiger charge is -2.09. The average molecular weight is 602 g/mol. The van der Waals surface area contributed by atoms with Gasteiger partial charge in [0.05, 0.1) is 106 Å². The van der Waals surface area contributed by atoms with E-state index in [9.17, 15) is 14.7 Å². The number of carbonyl (C=O) groups excluding carboxylic acids is 2. The van der Waals surface area contributed by atoms with Gasteiger partial charge in [0.1, 0.15) is 11.5 Å². The Bertz CT molecular complexity index is 764. The number of aryl methyl sites for hydroxylation is 1. The van der Waals surface area contributed by atoms with Gasteiger partial charge in [0.15, 0.2) is 0 Å². The van der Waals surface area contributed by atoms with E-state index in [1.807, 2.05) is 12.1 Å². The summed E-state index contributed by atoms with van der Waals surface area (Å²) in [5.41, 5.74) is 1.12. The maximum Gasteiger partial charge on any atom is 0.216 e. The Balaban J connectivity index is 1.68. The molecule has 2 N–H and O–H groups in total. The molecular formula is C30H51NO11. The number of hydrogen-bond acceptors (Lipinski definition) is 11. The summed E-state index contributed by atoms with van der Waals surface area (Å²) in [6, 6.07) is 7.07. The summed E-state index contributed by atoms with van der Waals surface area (Å²) in [5, 5.41) is 11.9. The van der Waals surface area contributed by atoms with Gasteiger partial charge in [-0.2, -0.15) is 0 Å². The molecule has 0 spiro atoms. The van der Waals surface area contributed by atoms with Gasteiger partial charge in [0.2, 0.25) is 5.91 Å². The van der Waals surface area contributed by atoms with Crippen LogP contribution in [0.2, 0.25) is 0 Å². The standard InChI is InChI=1S/C30H51NO11/c1-27(32)31-10-12-36-14-16-38-18-20-40-22-24-42-26-25-41-23-21-39-19-17-37-15-13-35-11-9-29(33)4-2-3-28-5-7-30(34)8-6-28/h5-8,34H,2-4,9-26H2,1H3,(H,31,32). The number of phenols is 1. The van der Waals surface area contributed by atoms with Gasteiger partial charge >= 0.3 is 0 Å². The van der Waals surface area contributed by atoms with Crippen molar-refractivity contribution in [2.75, 3.05) is 112 Å². The number of hydrogen-bond donors (Lipinski definition) is 2. The molecule has 0 aliphatic carbocycles. The van der Waals surface area contributed by atoms with Gasteiger partial charge in [0, 0.05) is 26.3 Å². The van der Waals surface area contributed by atoms with Crippen molar-refractivity contribution < 1.29 is 52.6 Å². The number of benzene rings is 1. The van der Waals surface area contributed by atoms with Crippen LogP contribution in [0.1, 0.15) is 31.7 Å². The van der Waals surface area contributed by atoms with E-state index in [1.165, 1.54) is 6.92 Å². The molecule has 12 heteroatoms. The van der Waals surface area contributed by atoms with Crippen LogP contribution in [0.5, 0.6) is 5.75 Å². The van der Waals surface area contributed by atoms with Crippen LogP contribution >= 0.6 is 0 Å². The molecule has 0 radical (unpaired) electrons. The number of phenolic OH excluding ortho intramolecular Hbond substituents is 1. The molecular weight excluding hydrogens is 550 g/mol. The van der Waals surface area contributed by atoms with Crippen LogP contribution in [0.3, 0.4) is 0 Å². The molecule has 1 amide bonds. The number of ether oxygens (including phenoxy) is 8. The smallest absolute Gasteiger partial charge is 0.216 e. The number of aromatic hydroxyl groups is 1. The number of carbonyl (C=O) groups is 2. The van der Waals surface area contributed by atoms with E-state index >= 15 is 0 Å². The van der Waals surface area contributed by atoms with Gasteiger partial charge in [0.25, 0.3) is 0 Å². The summed E-state index contributed by atoms with van der Waals surface area (Å²) in [4.78, 5) is 22.6. The highest BCUT2D eigenvalue weighted by atomic mass is 16.6. The van der Waals surface area contributed by atoms with Crippen LogP contribution < -0.4 is 5.32 Å². The zero-order chi connectivity index (χ0) is 30.4. The Labute approximate surface area is 250 Å². The molecule has 1 aromatic carbocycles. The van der Waals surface area contributed by atoms with Crippen molar-refractivity contribution in [3.8, 4) is 5.75 Å². The summed E-state index contributed by atoms with van der Waals surface area (Å²) in [7, 11) is 0. The zero-order valence-corrected chi connectivity index (χ0v) is 25.2. The molecule has 1 rings (SSSR count). The minimum atomic E-state index is -0.0647. The highest BCUT2D eigenvalue weighted by Gasteiger charge is 2.03. The predicted molar refractivity (Wildman–Crippen MR) is 156 cm³/mol. The van der Waals surface area contributed by atoms with Crippen molar-refractivity contribution >= 4 is 11.7 Å². The second-order valence-corrected chi connectivity index (χ2v) is 9.19. The molecule has 0 bridgehead atoms. The van der Waals surface area contributed by atoms with Crippen molar-refractivity contribution in [3.63, 3.8) is 0 Å². The first-order chi connectivity index (χ1) is 20.6. The van der Waals surface area contributed by atoms with Gasteiger partial charge in [-0.1, -0.05) is 12.1 Å². The summed E-state index contributed by atoms with van der Waals surface area (Å²) in [6.45, 7) is 9.59. The highest BCUT2D eigenvalue weighted by Crippen LogP contribution is 2.12. The molecule has 0 aliphatic rings. The predicted octanol–water partition coefficient (Wildman–Crippen LogP) is 1.94. The molecule has 242 valence electrons. The lowest BCUT2D eigenvalue weighted by molar-refractivity contribution is -0.120. The van der Waals surface area contributed by atoms with E-state index in [4.69, 9.17) is 37.9 Å². The van der Waals surface area contributed by atoms with Crippen LogP contribution in [0.4, 0.5) is 0 Å². The van der Waals surface area contributed by atoms with Gasteiger partial charge in [-0.15, -0.1) is 0 Å².